The molecule has 0 amide bonds. The zero-order chi connectivity index (χ0) is 20.8. The van der Waals surface area contributed by atoms with Crippen molar-refractivity contribution >= 4 is 44.7 Å². The van der Waals surface area contributed by atoms with Crippen molar-refractivity contribution in [2.45, 2.75) is 45.4 Å². The Balaban J connectivity index is 1.50. The van der Waals surface area contributed by atoms with E-state index in [1.807, 2.05) is 6.07 Å². The molecular weight excluding hydrogens is 387 g/mol. The minimum atomic E-state index is -0.389. The highest BCUT2D eigenvalue weighted by Gasteiger charge is 2.52. The van der Waals surface area contributed by atoms with Crippen molar-refractivity contribution in [2.24, 2.45) is 0 Å². The number of rotatable bonds is 5. The van der Waals surface area contributed by atoms with E-state index < -0.39 is 0 Å². The predicted octanol–water partition coefficient (Wildman–Crippen LogP) is 4.72. The average molecular weight is 410 g/mol. The molecule has 1 N–H and O–H groups in total. The molecule has 1 aliphatic rings. The van der Waals surface area contributed by atoms with E-state index in [2.05, 4.69) is 57.3 Å². The lowest BCUT2D eigenvalue weighted by Crippen LogP contribution is -2.41. The van der Waals surface area contributed by atoms with Gasteiger partial charge in [-0.05, 0) is 62.9 Å². The molecule has 0 radical (unpaired) electrons. The van der Waals surface area contributed by atoms with E-state index in [4.69, 9.17) is 9.31 Å². The topological polar surface area (TPSA) is 73.6 Å². The van der Waals surface area contributed by atoms with Gasteiger partial charge in [-0.25, -0.2) is 0 Å². The first-order chi connectivity index (χ1) is 13.6. The van der Waals surface area contributed by atoms with Crippen LogP contribution in [-0.2, 0) is 15.9 Å². The standard InChI is InChI=1S/C21H23BN2O4S/c1-20(2)21(3,4)28-22(27-20)19-11-15-10-14(8-9-18(15)29-19)13-23-16-6-5-7-17(12-16)24(25)26/h5-12,23H,13H2,1-4H3. The summed E-state index contributed by atoms with van der Waals surface area (Å²) in [5, 5.41) is 15.3. The first-order valence-electron chi connectivity index (χ1n) is 9.51. The van der Waals surface area contributed by atoms with Gasteiger partial charge in [-0.2, -0.15) is 0 Å². The Bertz CT molecular complexity index is 1060. The normalized spacial score (nSPS) is 17.6. The fourth-order valence-corrected chi connectivity index (χ4v) is 4.24. The summed E-state index contributed by atoms with van der Waals surface area (Å²) in [6, 6.07) is 14.9. The van der Waals surface area contributed by atoms with Gasteiger partial charge in [-0.3, -0.25) is 10.1 Å². The third kappa shape index (κ3) is 3.88. The third-order valence-corrected chi connectivity index (χ3v) is 6.78. The SMILES string of the molecule is CC1(C)OB(c2cc3cc(CNc4cccc([N+](=O)[O-])c4)ccc3s2)OC1(C)C. The largest absolute Gasteiger partial charge is 0.505 e. The van der Waals surface area contributed by atoms with Crippen LogP contribution in [0.5, 0.6) is 0 Å². The van der Waals surface area contributed by atoms with Gasteiger partial charge < -0.3 is 14.6 Å². The van der Waals surface area contributed by atoms with Gasteiger partial charge in [0.05, 0.1) is 16.1 Å². The van der Waals surface area contributed by atoms with E-state index in [0.29, 0.717) is 6.54 Å². The number of nitrogens with one attached hydrogen (secondary N) is 1. The number of thiophene rings is 1. The van der Waals surface area contributed by atoms with Crippen LogP contribution in [0.4, 0.5) is 11.4 Å². The number of fused-ring (bicyclic) bond motifs is 1. The molecule has 2 heterocycles. The van der Waals surface area contributed by atoms with E-state index in [9.17, 15) is 10.1 Å². The monoisotopic (exact) mass is 410 g/mol. The minimum absolute atomic E-state index is 0.0790. The van der Waals surface area contributed by atoms with Gasteiger partial charge in [0.1, 0.15) is 0 Å². The first kappa shape index (κ1) is 19.9. The molecule has 1 saturated heterocycles. The van der Waals surface area contributed by atoms with Gasteiger partial charge in [0.15, 0.2) is 0 Å². The molecule has 0 spiro atoms. The molecule has 4 rings (SSSR count). The zero-order valence-corrected chi connectivity index (χ0v) is 17.7. The minimum Gasteiger partial charge on any atom is -0.399 e. The Morgan fingerprint density at radius 1 is 1.07 bits per heavy atom. The highest BCUT2D eigenvalue weighted by atomic mass is 32.1. The lowest BCUT2D eigenvalue weighted by Gasteiger charge is -2.32. The van der Waals surface area contributed by atoms with Gasteiger partial charge in [0.2, 0.25) is 0 Å². The molecule has 0 unspecified atom stereocenters. The van der Waals surface area contributed by atoms with Crippen LogP contribution >= 0.6 is 11.3 Å². The molecular formula is C21H23BN2O4S. The lowest BCUT2D eigenvalue weighted by molar-refractivity contribution is -0.384. The van der Waals surface area contributed by atoms with Gasteiger partial charge in [0.25, 0.3) is 5.69 Å². The highest BCUT2D eigenvalue weighted by Crippen LogP contribution is 2.37. The summed E-state index contributed by atoms with van der Waals surface area (Å²) in [4.78, 5) is 10.5. The summed E-state index contributed by atoms with van der Waals surface area (Å²) in [6.07, 6.45) is 0. The summed E-state index contributed by atoms with van der Waals surface area (Å²) in [7, 11) is -0.358. The van der Waals surface area contributed by atoms with Crippen molar-refractivity contribution in [3.8, 4) is 0 Å². The molecule has 1 fully saturated rings. The Morgan fingerprint density at radius 2 is 1.79 bits per heavy atom. The molecule has 1 aliphatic heterocycles. The number of anilines is 1. The van der Waals surface area contributed by atoms with Crippen molar-refractivity contribution < 1.29 is 14.2 Å². The summed E-state index contributed by atoms with van der Waals surface area (Å²) in [5.74, 6) is 0. The second-order valence-electron chi connectivity index (χ2n) is 8.27. The maximum atomic E-state index is 10.9. The van der Waals surface area contributed by atoms with Crippen molar-refractivity contribution in [3.63, 3.8) is 0 Å². The summed E-state index contributed by atoms with van der Waals surface area (Å²) in [5.41, 5.74) is 1.18. The van der Waals surface area contributed by atoms with Crippen molar-refractivity contribution in [1.29, 1.82) is 0 Å². The quantitative estimate of drug-likeness (QED) is 0.374. The van der Waals surface area contributed by atoms with Crippen molar-refractivity contribution in [2.75, 3.05) is 5.32 Å². The Hall–Kier alpha value is -2.42. The molecule has 150 valence electrons. The fourth-order valence-electron chi connectivity index (χ4n) is 3.23. The molecule has 0 aliphatic carbocycles. The molecule has 0 bridgehead atoms. The van der Waals surface area contributed by atoms with E-state index in [0.717, 1.165) is 21.4 Å². The molecule has 0 atom stereocenters. The molecule has 1 aromatic heterocycles. The number of nitro groups is 1. The van der Waals surface area contributed by atoms with Gasteiger partial charge >= 0.3 is 7.12 Å². The Kier molecular flexibility index (Phi) is 4.89. The van der Waals surface area contributed by atoms with E-state index in [1.165, 1.54) is 10.8 Å². The summed E-state index contributed by atoms with van der Waals surface area (Å²) in [6.45, 7) is 8.80. The Morgan fingerprint density at radius 3 is 2.48 bits per heavy atom. The molecule has 6 nitrogen and oxygen atoms in total. The number of nitrogens with zero attached hydrogens (tertiary/aromatic N) is 1. The van der Waals surface area contributed by atoms with Crippen LogP contribution < -0.4 is 10.1 Å². The van der Waals surface area contributed by atoms with Crippen LogP contribution in [-0.4, -0.2) is 23.2 Å². The van der Waals surface area contributed by atoms with E-state index in [1.54, 1.807) is 23.5 Å². The molecule has 3 aromatic rings. The van der Waals surface area contributed by atoms with Crippen LogP contribution in [0.15, 0.2) is 48.5 Å². The lowest BCUT2D eigenvalue weighted by atomic mass is 9.87. The molecule has 29 heavy (non-hydrogen) atoms. The van der Waals surface area contributed by atoms with Crippen LogP contribution in [0.3, 0.4) is 0 Å². The second kappa shape index (κ2) is 7.13. The third-order valence-electron chi connectivity index (χ3n) is 5.64. The second-order valence-corrected chi connectivity index (χ2v) is 9.39. The van der Waals surface area contributed by atoms with E-state index in [-0.39, 0.29) is 28.9 Å². The fraction of sp³-hybridized carbons (Fsp3) is 0.333. The summed E-state index contributed by atoms with van der Waals surface area (Å²) >= 11 is 1.68. The van der Waals surface area contributed by atoms with Gasteiger partial charge in [-0.15, -0.1) is 11.3 Å². The maximum Gasteiger partial charge on any atom is 0.505 e. The Labute approximate surface area is 174 Å². The maximum absolute atomic E-state index is 10.9. The van der Waals surface area contributed by atoms with Gasteiger partial charge in [0, 0.05) is 33.8 Å². The number of hydrogen-bond donors (Lipinski definition) is 1. The number of nitro benzene ring substituents is 1. The van der Waals surface area contributed by atoms with E-state index >= 15 is 0 Å². The van der Waals surface area contributed by atoms with Crippen molar-refractivity contribution in [3.05, 3.63) is 64.2 Å². The average Bonchev–Trinajstić information content (AvgIpc) is 3.17. The smallest absolute Gasteiger partial charge is 0.399 e. The van der Waals surface area contributed by atoms with Gasteiger partial charge in [-0.1, -0.05) is 12.1 Å². The predicted molar refractivity (Wildman–Crippen MR) is 118 cm³/mol. The first-order valence-corrected chi connectivity index (χ1v) is 10.3. The zero-order valence-electron chi connectivity index (χ0n) is 16.9. The molecule has 0 saturated carbocycles. The van der Waals surface area contributed by atoms with Crippen LogP contribution in [0.1, 0.15) is 33.3 Å². The highest BCUT2D eigenvalue weighted by molar-refractivity contribution is 7.28. The summed E-state index contributed by atoms with van der Waals surface area (Å²) < 4.78 is 14.6. The number of benzene rings is 2. The van der Waals surface area contributed by atoms with Crippen LogP contribution in [0, 0.1) is 10.1 Å². The number of non-ortho nitro benzene ring substituents is 1. The molecule has 2 aromatic carbocycles. The number of hydrogen-bond acceptors (Lipinski definition) is 6. The van der Waals surface area contributed by atoms with Crippen LogP contribution in [0.25, 0.3) is 10.1 Å². The van der Waals surface area contributed by atoms with Crippen LogP contribution in [0.2, 0.25) is 0 Å². The van der Waals surface area contributed by atoms with Crippen molar-refractivity contribution in [1.82, 2.24) is 0 Å². The molecule has 8 heteroatoms.